The second-order valence-electron chi connectivity index (χ2n) is 6.80. The van der Waals surface area contributed by atoms with Crippen molar-refractivity contribution in [2.45, 2.75) is 37.1 Å². The van der Waals surface area contributed by atoms with Crippen LogP contribution in [-0.2, 0) is 19.9 Å². The van der Waals surface area contributed by atoms with Gasteiger partial charge in [0.15, 0.2) is 9.84 Å². The van der Waals surface area contributed by atoms with Crippen LogP contribution in [0.1, 0.15) is 41.6 Å². The first kappa shape index (κ1) is 20.8. The molecule has 1 aromatic carbocycles. The molecule has 1 atom stereocenters. The topological polar surface area (TPSA) is 135 Å². The Bertz CT molecular complexity index is 1090. The Labute approximate surface area is 167 Å². The third-order valence-electron chi connectivity index (χ3n) is 4.12. The summed E-state index contributed by atoms with van der Waals surface area (Å²) in [6.45, 7) is 3.92. The van der Waals surface area contributed by atoms with Gasteiger partial charge in [0, 0.05) is 17.5 Å². The van der Waals surface area contributed by atoms with E-state index in [1.165, 1.54) is 35.6 Å². The van der Waals surface area contributed by atoms with Gasteiger partial charge in [0.25, 0.3) is 5.91 Å². The van der Waals surface area contributed by atoms with Gasteiger partial charge in [-0.25, -0.2) is 21.6 Å². The maximum atomic E-state index is 12.6. The van der Waals surface area contributed by atoms with Crippen molar-refractivity contribution >= 4 is 42.2 Å². The summed E-state index contributed by atoms with van der Waals surface area (Å²) in [5.74, 6) is -0.584. The summed E-state index contributed by atoms with van der Waals surface area (Å²) >= 11 is 1.25. The maximum Gasteiger partial charge on any atom is 0.257 e. The zero-order chi connectivity index (χ0) is 20.5. The number of rotatable bonds is 6. The molecule has 12 heteroatoms. The average Bonchev–Trinajstić information content (AvgIpc) is 3.21. The second kappa shape index (κ2) is 7.85. The Balaban J connectivity index is 1.74. The Morgan fingerprint density at radius 2 is 2.04 bits per heavy atom. The van der Waals surface area contributed by atoms with Gasteiger partial charge < -0.3 is 0 Å². The van der Waals surface area contributed by atoms with E-state index in [2.05, 4.69) is 20.2 Å². The zero-order valence-electron chi connectivity index (χ0n) is 15.2. The summed E-state index contributed by atoms with van der Waals surface area (Å²) in [6.07, 6.45) is 0.233. The number of sulfone groups is 1. The summed E-state index contributed by atoms with van der Waals surface area (Å²) in [5, 5.41) is 11.6. The van der Waals surface area contributed by atoms with Crippen LogP contribution >= 0.6 is 11.3 Å². The number of aromatic nitrogens is 2. The fourth-order valence-corrected chi connectivity index (χ4v) is 6.50. The first-order valence-corrected chi connectivity index (χ1v) is 12.7. The van der Waals surface area contributed by atoms with Gasteiger partial charge in [0.2, 0.25) is 15.2 Å². The van der Waals surface area contributed by atoms with E-state index in [4.69, 9.17) is 0 Å². The third kappa shape index (κ3) is 4.93. The third-order valence-corrected chi connectivity index (χ3v) is 8.54. The molecule has 1 aliphatic heterocycles. The van der Waals surface area contributed by atoms with Crippen LogP contribution in [0.15, 0.2) is 29.2 Å². The molecule has 0 aliphatic carbocycles. The number of nitrogens with zero attached hydrogens (tertiary/aromatic N) is 2. The normalized spacial score (nSPS) is 19.0. The summed E-state index contributed by atoms with van der Waals surface area (Å²) in [6, 6.07) is 4.87. The molecule has 1 amide bonds. The molecule has 152 valence electrons. The number of hydrogen-bond acceptors (Lipinski definition) is 8. The van der Waals surface area contributed by atoms with E-state index in [0.29, 0.717) is 5.13 Å². The smallest absolute Gasteiger partial charge is 0.257 e. The highest BCUT2D eigenvalue weighted by Gasteiger charge is 2.31. The van der Waals surface area contributed by atoms with Crippen LogP contribution in [0.4, 0.5) is 5.13 Å². The van der Waals surface area contributed by atoms with Gasteiger partial charge in [0.05, 0.1) is 16.4 Å². The van der Waals surface area contributed by atoms with E-state index >= 15 is 0 Å². The van der Waals surface area contributed by atoms with Crippen molar-refractivity contribution in [2.75, 3.05) is 16.8 Å². The number of anilines is 1. The predicted molar refractivity (Wildman–Crippen MR) is 106 cm³/mol. The lowest BCUT2D eigenvalue weighted by molar-refractivity contribution is 0.102. The second-order valence-corrected chi connectivity index (χ2v) is 11.8. The average molecular weight is 445 g/mol. The number of amides is 1. The molecule has 9 nitrogen and oxygen atoms in total. The maximum absolute atomic E-state index is 12.6. The molecule has 1 aromatic heterocycles. The number of carbonyl (C=O) groups is 1. The van der Waals surface area contributed by atoms with E-state index < -0.39 is 31.8 Å². The Morgan fingerprint density at radius 3 is 2.64 bits per heavy atom. The van der Waals surface area contributed by atoms with E-state index in [-0.39, 0.29) is 34.3 Å². The van der Waals surface area contributed by atoms with Crippen molar-refractivity contribution in [3.8, 4) is 0 Å². The van der Waals surface area contributed by atoms with Crippen LogP contribution < -0.4 is 10.0 Å². The minimum atomic E-state index is -3.95. The van der Waals surface area contributed by atoms with Gasteiger partial charge in [-0.3, -0.25) is 10.1 Å². The molecule has 0 saturated carbocycles. The van der Waals surface area contributed by atoms with Crippen molar-refractivity contribution in [3.05, 3.63) is 34.8 Å². The highest BCUT2D eigenvalue weighted by molar-refractivity contribution is 7.92. The number of nitrogens with one attached hydrogen (secondary N) is 2. The molecule has 2 aromatic rings. The molecule has 1 unspecified atom stereocenters. The van der Waals surface area contributed by atoms with E-state index in [1.807, 2.05) is 13.8 Å². The first-order valence-electron chi connectivity index (χ1n) is 8.53. The fraction of sp³-hybridized carbons (Fsp3) is 0.438. The zero-order valence-corrected chi connectivity index (χ0v) is 17.7. The molecule has 0 bridgehead atoms. The van der Waals surface area contributed by atoms with Gasteiger partial charge in [-0.1, -0.05) is 31.3 Å². The van der Waals surface area contributed by atoms with Crippen LogP contribution in [0.2, 0.25) is 0 Å². The van der Waals surface area contributed by atoms with Crippen LogP contribution in [0.5, 0.6) is 0 Å². The number of carbonyl (C=O) groups excluding carboxylic acids is 1. The first-order chi connectivity index (χ1) is 13.1. The monoisotopic (exact) mass is 444 g/mol. The van der Waals surface area contributed by atoms with Crippen LogP contribution in [-0.4, -0.2) is 50.5 Å². The Morgan fingerprint density at radius 1 is 1.29 bits per heavy atom. The number of sulfonamides is 1. The van der Waals surface area contributed by atoms with Gasteiger partial charge in [-0.15, -0.1) is 10.2 Å². The van der Waals surface area contributed by atoms with Crippen molar-refractivity contribution in [1.82, 2.24) is 14.9 Å². The van der Waals surface area contributed by atoms with Crippen molar-refractivity contribution in [2.24, 2.45) is 0 Å². The number of hydrogen-bond donors (Lipinski definition) is 2. The SMILES string of the molecule is CC(C)c1nnc(NC(=O)c2cccc(S(=O)(=O)NC3CCS(=O)(=O)C3)c2)s1. The molecular weight excluding hydrogens is 424 g/mol. The van der Waals surface area contributed by atoms with E-state index in [1.54, 1.807) is 0 Å². The summed E-state index contributed by atoms with van der Waals surface area (Å²) in [7, 11) is -7.16. The standard InChI is InChI=1S/C16H20N4O5S3/c1-10(2)15-18-19-16(26-15)17-14(21)11-4-3-5-13(8-11)28(24,25)20-12-6-7-27(22,23)9-12/h3-5,8,10,12,20H,6-7,9H2,1-2H3,(H,17,19,21). The Kier molecular flexibility index (Phi) is 5.84. The molecular formula is C16H20N4O5S3. The van der Waals surface area contributed by atoms with Gasteiger partial charge in [-0.05, 0) is 24.6 Å². The fourth-order valence-electron chi connectivity index (χ4n) is 2.67. The van der Waals surface area contributed by atoms with E-state index in [9.17, 15) is 21.6 Å². The molecule has 0 spiro atoms. The van der Waals surface area contributed by atoms with Crippen molar-refractivity contribution in [1.29, 1.82) is 0 Å². The molecule has 1 saturated heterocycles. The summed E-state index contributed by atoms with van der Waals surface area (Å²) < 4.78 is 50.6. The number of benzene rings is 1. The van der Waals surface area contributed by atoms with Crippen LogP contribution in [0.3, 0.4) is 0 Å². The predicted octanol–water partition coefficient (Wildman–Crippen LogP) is 1.38. The summed E-state index contributed by atoms with van der Waals surface area (Å²) in [5.41, 5.74) is 0.142. The molecule has 28 heavy (non-hydrogen) atoms. The largest absolute Gasteiger partial charge is 0.296 e. The van der Waals surface area contributed by atoms with Crippen LogP contribution in [0, 0.1) is 0 Å². The van der Waals surface area contributed by atoms with Crippen LogP contribution in [0.25, 0.3) is 0 Å². The minimum Gasteiger partial charge on any atom is -0.296 e. The highest BCUT2D eigenvalue weighted by atomic mass is 32.2. The summed E-state index contributed by atoms with van der Waals surface area (Å²) in [4.78, 5) is 12.3. The lowest BCUT2D eigenvalue weighted by atomic mass is 10.2. The lowest BCUT2D eigenvalue weighted by Gasteiger charge is -2.12. The molecule has 2 heterocycles. The molecule has 1 aliphatic rings. The molecule has 2 N–H and O–H groups in total. The van der Waals surface area contributed by atoms with Gasteiger partial charge in [-0.2, -0.15) is 0 Å². The van der Waals surface area contributed by atoms with Crippen molar-refractivity contribution in [3.63, 3.8) is 0 Å². The highest BCUT2D eigenvalue weighted by Crippen LogP contribution is 2.23. The molecule has 1 fully saturated rings. The quantitative estimate of drug-likeness (QED) is 0.687. The molecule has 3 rings (SSSR count). The van der Waals surface area contributed by atoms with Gasteiger partial charge >= 0.3 is 0 Å². The Hall–Kier alpha value is -1.89. The lowest BCUT2D eigenvalue weighted by Crippen LogP contribution is -2.35. The van der Waals surface area contributed by atoms with E-state index in [0.717, 1.165) is 5.01 Å². The van der Waals surface area contributed by atoms with Gasteiger partial charge in [0.1, 0.15) is 5.01 Å². The molecule has 0 radical (unpaired) electrons. The minimum absolute atomic E-state index is 0.0388. The van der Waals surface area contributed by atoms with Crippen molar-refractivity contribution < 1.29 is 21.6 Å².